The maximum Gasteiger partial charge on any atom is 0.293 e. The molecule has 0 aromatic heterocycles. The first-order valence-electron chi connectivity index (χ1n) is 6.79. The van der Waals surface area contributed by atoms with Crippen LogP contribution in [0.15, 0.2) is 18.2 Å². The summed E-state index contributed by atoms with van der Waals surface area (Å²) in [5.41, 5.74) is 0.624. The average molecular weight is 288 g/mol. The second-order valence-corrected chi connectivity index (χ2v) is 5.08. The number of nitriles is 1. The van der Waals surface area contributed by atoms with Crippen molar-refractivity contribution >= 4 is 17.8 Å². The molecule has 0 unspecified atom stereocenters. The first-order chi connectivity index (χ1) is 10.1. The van der Waals surface area contributed by atoms with E-state index < -0.39 is 4.92 Å². The Morgan fingerprint density at radius 3 is 2.52 bits per heavy atom. The van der Waals surface area contributed by atoms with Crippen molar-refractivity contribution in [2.24, 2.45) is 0 Å². The third-order valence-corrected chi connectivity index (χ3v) is 3.71. The quantitative estimate of drug-likeness (QED) is 0.489. The molecule has 2 rings (SSSR count). The van der Waals surface area contributed by atoms with Gasteiger partial charge in [-0.2, -0.15) is 5.26 Å². The number of nitrogens with zero attached hydrogens (tertiary/aromatic N) is 2. The maximum absolute atomic E-state index is 11.1. The summed E-state index contributed by atoms with van der Waals surface area (Å²) in [6.45, 7) is 0. The van der Waals surface area contributed by atoms with Crippen LogP contribution in [0.1, 0.15) is 31.2 Å². The van der Waals surface area contributed by atoms with E-state index in [4.69, 9.17) is 5.26 Å². The average Bonchev–Trinajstić information content (AvgIpc) is 2.49. The Labute approximate surface area is 122 Å². The standard InChI is InChI=1S/C14H16N4O3/c15-8-10-1-6-13(14(7-10)18(20)21)17-12-4-2-11(3-5-12)16-9-19/h1,6-7,9,11-12,17H,2-5H2,(H,16,19)/t11-,12-. The number of carbonyl (C=O) groups excluding carboxylic acids is 1. The van der Waals surface area contributed by atoms with Crippen molar-refractivity contribution in [3.05, 3.63) is 33.9 Å². The van der Waals surface area contributed by atoms with Crippen LogP contribution < -0.4 is 10.6 Å². The van der Waals surface area contributed by atoms with Crippen molar-refractivity contribution in [1.82, 2.24) is 5.32 Å². The third kappa shape index (κ3) is 3.69. The second-order valence-electron chi connectivity index (χ2n) is 5.08. The fourth-order valence-electron chi connectivity index (χ4n) is 2.59. The van der Waals surface area contributed by atoms with Crippen LogP contribution in [0.25, 0.3) is 0 Å². The van der Waals surface area contributed by atoms with Crippen molar-refractivity contribution < 1.29 is 9.72 Å². The third-order valence-electron chi connectivity index (χ3n) is 3.71. The van der Waals surface area contributed by atoms with Gasteiger partial charge in [0.05, 0.1) is 16.6 Å². The number of anilines is 1. The van der Waals surface area contributed by atoms with Gasteiger partial charge in [0.1, 0.15) is 5.69 Å². The molecule has 2 N–H and O–H groups in total. The van der Waals surface area contributed by atoms with Crippen molar-refractivity contribution in [3.63, 3.8) is 0 Å². The summed E-state index contributed by atoms with van der Waals surface area (Å²) in [6, 6.07) is 6.65. The summed E-state index contributed by atoms with van der Waals surface area (Å²) in [5, 5.41) is 25.8. The van der Waals surface area contributed by atoms with Crippen LogP contribution in [-0.4, -0.2) is 23.4 Å². The molecule has 0 bridgehead atoms. The molecule has 0 radical (unpaired) electrons. The summed E-state index contributed by atoms with van der Waals surface area (Å²) < 4.78 is 0. The number of benzene rings is 1. The Kier molecular flexibility index (Phi) is 4.72. The molecule has 0 heterocycles. The number of hydrogen-bond donors (Lipinski definition) is 2. The number of hydrogen-bond acceptors (Lipinski definition) is 5. The molecule has 1 aromatic rings. The molecule has 1 aliphatic carbocycles. The van der Waals surface area contributed by atoms with E-state index in [2.05, 4.69) is 10.6 Å². The molecule has 7 nitrogen and oxygen atoms in total. The maximum atomic E-state index is 11.1. The van der Waals surface area contributed by atoms with Gasteiger partial charge in [0.2, 0.25) is 6.41 Å². The summed E-state index contributed by atoms with van der Waals surface area (Å²) in [7, 11) is 0. The monoisotopic (exact) mass is 288 g/mol. The predicted octanol–water partition coefficient (Wildman–Crippen LogP) is 1.94. The zero-order chi connectivity index (χ0) is 15.2. The first kappa shape index (κ1) is 14.8. The zero-order valence-corrected chi connectivity index (χ0v) is 11.4. The smallest absolute Gasteiger partial charge is 0.293 e. The number of rotatable bonds is 5. The van der Waals surface area contributed by atoms with E-state index in [9.17, 15) is 14.9 Å². The largest absolute Gasteiger partial charge is 0.377 e. The van der Waals surface area contributed by atoms with Gasteiger partial charge >= 0.3 is 0 Å². The summed E-state index contributed by atoms with van der Waals surface area (Å²) >= 11 is 0. The summed E-state index contributed by atoms with van der Waals surface area (Å²) in [6.07, 6.45) is 4.08. The Morgan fingerprint density at radius 1 is 1.29 bits per heavy atom. The summed E-state index contributed by atoms with van der Waals surface area (Å²) in [5.74, 6) is 0. The highest BCUT2D eigenvalue weighted by atomic mass is 16.6. The van der Waals surface area contributed by atoms with Crippen molar-refractivity contribution in [2.45, 2.75) is 37.8 Å². The van der Waals surface area contributed by atoms with E-state index in [0.717, 1.165) is 25.7 Å². The molecular weight excluding hydrogens is 272 g/mol. The number of carbonyl (C=O) groups is 1. The summed E-state index contributed by atoms with van der Waals surface area (Å²) in [4.78, 5) is 21.0. The van der Waals surface area contributed by atoms with Crippen LogP contribution in [0.5, 0.6) is 0 Å². The lowest BCUT2D eigenvalue weighted by Crippen LogP contribution is -2.36. The molecule has 0 saturated heterocycles. The minimum absolute atomic E-state index is 0.0813. The molecule has 1 fully saturated rings. The van der Waals surface area contributed by atoms with E-state index in [-0.39, 0.29) is 23.3 Å². The van der Waals surface area contributed by atoms with E-state index >= 15 is 0 Å². The van der Waals surface area contributed by atoms with Crippen molar-refractivity contribution in [1.29, 1.82) is 5.26 Å². The second kappa shape index (κ2) is 6.70. The molecule has 1 saturated carbocycles. The van der Waals surface area contributed by atoms with Crippen molar-refractivity contribution in [3.8, 4) is 6.07 Å². The Bertz CT molecular complexity index is 574. The number of nitrogens with one attached hydrogen (secondary N) is 2. The Balaban J connectivity index is 2.05. The highest BCUT2D eigenvalue weighted by Gasteiger charge is 2.23. The minimum atomic E-state index is -0.483. The van der Waals surface area contributed by atoms with Crippen LogP contribution >= 0.6 is 0 Å². The lowest BCUT2D eigenvalue weighted by molar-refractivity contribution is -0.384. The molecule has 1 aromatic carbocycles. The van der Waals surface area contributed by atoms with Gasteiger partial charge in [0.25, 0.3) is 5.69 Å². The van der Waals surface area contributed by atoms with Gasteiger partial charge in [-0.05, 0) is 37.8 Å². The van der Waals surface area contributed by atoms with Crippen LogP contribution in [-0.2, 0) is 4.79 Å². The molecular formula is C14H16N4O3. The SMILES string of the molecule is N#Cc1ccc(N[C@H]2CC[C@H](NC=O)CC2)c([N+](=O)[O-])c1. The molecule has 0 aliphatic heterocycles. The lowest BCUT2D eigenvalue weighted by atomic mass is 9.91. The molecule has 1 amide bonds. The first-order valence-corrected chi connectivity index (χ1v) is 6.79. The molecule has 7 heteroatoms. The van der Waals surface area contributed by atoms with Crippen LogP contribution in [0, 0.1) is 21.4 Å². The van der Waals surface area contributed by atoms with Crippen molar-refractivity contribution in [2.75, 3.05) is 5.32 Å². The van der Waals surface area contributed by atoms with Gasteiger partial charge < -0.3 is 10.6 Å². The molecule has 0 atom stereocenters. The number of nitro benzene ring substituents is 1. The van der Waals surface area contributed by atoms with Crippen LogP contribution in [0.4, 0.5) is 11.4 Å². The van der Waals surface area contributed by atoms with Crippen LogP contribution in [0.2, 0.25) is 0 Å². The lowest BCUT2D eigenvalue weighted by Gasteiger charge is -2.29. The minimum Gasteiger partial charge on any atom is -0.377 e. The number of amides is 1. The normalized spacial score (nSPS) is 21.1. The van der Waals surface area contributed by atoms with Gasteiger partial charge in [0.15, 0.2) is 0 Å². The molecule has 0 spiro atoms. The van der Waals surface area contributed by atoms with Gasteiger partial charge in [-0.1, -0.05) is 0 Å². The van der Waals surface area contributed by atoms with Gasteiger partial charge in [-0.3, -0.25) is 14.9 Å². The van der Waals surface area contributed by atoms with E-state index in [1.807, 2.05) is 6.07 Å². The van der Waals surface area contributed by atoms with Gasteiger partial charge in [0, 0.05) is 18.2 Å². The van der Waals surface area contributed by atoms with E-state index in [1.165, 1.54) is 6.07 Å². The Morgan fingerprint density at radius 2 is 1.95 bits per heavy atom. The molecule has 21 heavy (non-hydrogen) atoms. The molecule has 1 aliphatic rings. The number of nitro groups is 1. The van der Waals surface area contributed by atoms with Gasteiger partial charge in [-0.15, -0.1) is 0 Å². The van der Waals surface area contributed by atoms with E-state index in [0.29, 0.717) is 12.1 Å². The van der Waals surface area contributed by atoms with E-state index in [1.54, 1.807) is 12.1 Å². The fourth-order valence-corrected chi connectivity index (χ4v) is 2.59. The fraction of sp³-hybridized carbons (Fsp3) is 0.429. The highest BCUT2D eigenvalue weighted by Crippen LogP contribution is 2.29. The topological polar surface area (TPSA) is 108 Å². The predicted molar refractivity (Wildman–Crippen MR) is 76.7 cm³/mol. The van der Waals surface area contributed by atoms with Gasteiger partial charge in [-0.25, -0.2) is 0 Å². The Hall–Kier alpha value is -2.62. The zero-order valence-electron chi connectivity index (χ0n) is 11.4. The molecule has 110 valence electrons. The highest BCUT2D eigenvalue weighted by molar-refractivity contribution is 5.64. The van der Waals surface area contributed by atoms with Crippen LogP contribution in [0.3, 0.4) is 0 Å².